The van der Waals surface area contributed by atoms with E-state index in [0.717, 1.165) is 19.9 Å². The number of aliphatic hydroxyl groups excluding tert-OH is 2. The number of aliphatic hydroxyl groups is 2. The fraction of sp³-hybridized carbons (Fsp3) is 0.586. The summed E-state index contributed by atoms with van der Waals surface area (Å²) in [5.41, 5.74) is 2.41. The summed E-state index contributed by atoms with van der Waals surface area (Å²) in [6.07, 6.45) is -8.54. The molecule has 3 aliphatic heterocycles. The Morgan fingerprint density at radius 1 is 0.842 bits per heavy atom. The van der Waals surface area contributed by atoms with Crippen LogP contribution in [0.25, 0.3) is 0 Å². The van der Waals surface area contributed by atoms with E-state index in [1.54, 1.807) is 0 Å². The summed E-state index contributed by atoms with van der Waals surface area (Å²) in [6, 6.07) is 1.34. The number of rotatable bonds is 14. The van der Waals surface area contributed by atoms with E-state index in [1.807, 2.05) is 0 Å². The first-order valence-electron chi connectivity index (χ1n) is 16.8. The molecule has 3 saturated heterocycles. The first-order valence-corrected chi connectivity index (χ1v) is 19.8. The Hall–Kier alpha value is -2.94. The molecule has 11 atom stereocenters. The number of phosphoric acid groups is 2. The van der Waals surface area contributed by atoms with Gasteiger partial charge >= 0.3 is 62.3 Å². The molecule has 28 heteroatoms. The number of H-pyrrole nitrogens is 1. The summed E-state index contributed by atoms with van der Waals surface area (Å²) in [5, 5.41) is 32.1. The second-order valence-corrected chi connectivity index (χ2v) is 15.9. The second kappa shape index (κ2) is 18.1. The minimum absolute atomic E-state index is 0. The third kappa shape index (κ3) is 10.6. The minimum atomic E-state index is -5.10. The molecule has 7 N–H and O–H groups in total. The van der Waals surface area contributed by atoms with E-state index < -0.39 is 119 Å². The zero-order valence-corrected chi connectivity index (χ0v) is 34.2. The normalized spacial score (nSPS) is 29.5. The molecule has 0 bridgehead atoms. The van der Waals surface area contributed by atoms with Gasteiger partial charge in [-0.2, -0.15) is 4.98 Å². The summed E-state index contributed by atoms with van der Waals surface area (Å²) in [4.78, 5) is 79.6. The molecule has 0 spiro atoms. The second-order valence-electron chi connectivity index (χ2n) is 13.1. The van der Waals surface area contributed by atoms with Gasteiger partial charge in [-0.25, -0.2) is 28.5 Å². The van der Waals surface area contributed by atoms with E-state index in [0.29, 0.717) is 0 Å². The van der Waals surface area contributed by atoms with Crippen molar-refractivity contribution in [2.45, 2.75) is 88.4 Å². The van der Waals surface area contributed by atoms with Gasteiger partial charge in [0, 0.05) is 43.4 Å². The number of nitrogens with zero attached hydrogens (tertiary/aromatic N) is 5. The quantitative estimate of drug-likeness (QED) is 0.0651. The van der Waals surface area contributed by atoms with Crippen LogP contribution >= 0.6 is 15.6 Å². The first-order chi connectivity index (χ1) is 26.3. The predicted molar refractivity (Wildman–Crippen MR) is 182 cm³/mol. The van der Waals surface area contributed by atoms with Crippen LogP contribution in [0.1, 0.15) is 49.1 Å². The Morgan fingerprint density at radius 3 is 2.00 bits per heavy atom. The Balaban J connectivity index is 0.00000620. The van der Waals surface area contributed by atoms with Gasteiger partial charge in [-0.1, -0.05) is 0 Å². The molecule has 308 valence electrons. The van der Waals surface area contributed by atoms with Crippen LogP contribution in [-0.4, -0.2) is 105 Å². The van der Waals surface area contributed by atoms with Crippen molar-refractivity contribution < 1.29 is 96.1 Å². The van der Waals surface area contributed by atoms with Crippen LogP contribution < -0.4 is 63.0 Å². The number of aromatic nitrogens is 6. The molecular weight excluding hydrogens is 819 g/mol. The van der Waals surface area contributed by atoms with Crippen LogP contribution in [0.15, 0.2) is 43.8 Å². The zero-order chi connectivity index (χ0) is 40.7. The summed E-state index contributed by atoms with van der Waals surface area (Å²) in [5.74, 6) is -0.793. The van der Waals surface area contributed by atoms with Crippen molar-refractivity contribution in [3.05, 3.63) is 77.6 Å². The average molecular weight is 858 g/mol. The number of hydrogen-bond donors (Lipinski definition) is 6. The predicted octanol–water partition coefficient (Wildman–Crippen LogP) is -5.45. The molecule has 25 nitrogen and oxygen atoms in total. The van der Waals surface area contributed by atoms with Gasteiger partial charge in [-0.05, 0) is 31.4 Å². The van der Waals surface area contributed by atoms with Crippen LogP contribution in [0.3, 0.4) is 0 Å². The van der Waals surface area contributed by atoms with Gasteiger partial charge in [-0.3, -0.25) is 41.6 Å². The summed E-state index contributed by atoms with van der Waals surface area (Å²) in [6.45, 7) is 0.522. The minimum Gasteiger partial charge on any atom is -0.858 e. The van der Waals surface area contributed by atoms with E-state index in [-0.39, 0.29) is 65.8 Å². The van der Waals surface area contributed by atoms with Crippen LogP contribution in [0, 0.1) is 13.8 Å². The largest absolute Gasteiger partial charge is 1.00 e. The molecule has 57 heavy (non-hydrogen) atoms. The SMILES string of the molecule is Cc1cn(C2CC(OP(=O)(O)OCC3OC(n4cc(C)c(=O)[nH]c4=O)CC3OP(=O)(O)OCC3OC(n4ccc(N)nc4=O)CC3O)C(CO)O2)c(=O)nc1[O-].[Na+]. The number of nitrogens with two attached hydrogens (primary N) is 1. The molecule has 0 amide bonds. The van der Waals surface area contributed by atoms with Crippen molar-refractivity contribution in [3.8, 4) is 5.88 Å². The van der Waals surface area contributed by atoms with E-state index in [2.05, 4.69) is 15.0 Å². The molecule has 0 aromatic carbocycles. The molecule has 0 saturated carbocycles. The van der Waals surface area contributed by atoms with Crippen LogP contribution in [0.4, 0.5) is 5.82 Å². The maximum absolute atomic E-state index is 13.2. The number of aryl methyl sites for hydroxylation is 2. The third-order valence-corrected chi connectivity index (χ3v) is 11.1. The van der Waals surface area contributed by atoms with E-state index in [9.17, 15) is 53.4 Å². The molecule has 11 unspecified atom stereocenters. The van der Waals surface area contributed by atoms with Gasteiger partial charge < -0.3 is 45.1 Å². The van der Waals surface area contributed by atoms with Crippen molar-refractivity contribution in [1.82, 2.24) is 28.7 Å². The standard InChI is InChI=1S/C29H39N7O18P2.Na/c1-13-8-35(28(42)32-25(13)39)23-6-16(18(10-37)50-23)53-56(46,47)49-12-20-17(7-24(52-20)36-9-14(2)26(40)33-29(36)43)54-55(44,45)48-11-19-15(38)5-22(51-19)34-4-3-21(30)31-27(34)41;/h3-4,8-9,15-20,22-24,37-38H,5-7,10-12H2,1-2H3,(H,44,45)(H,46,47)(H2,30,31,41)(H,32,39,42)(H,33,40,43);/q;+1/p-1. The Bertz CT molecular complexity index is 2270. The Kier molecular flexibility index (Phi) is 14.4. The number of hydrogen-bond acceptors (Lipinski definition) is 19. The number of anilines is 1. The number of ether oxygens (including phenoxy) is 3. The number of aromatic amines is 1. The van der Waals surface area contributed by atoms with Gasteiger partial charge in [-0.15, -0.1) is 0 Å². The molecule has 0 aliphatic carbocycles. The van der Waals surface area contributed by atoms with Crippen molar-refractivity contribution in [1.29, 1.82) is 0 Å². The summed E-state index contributed by atoms with van der Waals surface area (Å²) in [7, 11) is -10.2. The van der Waals surface area contributed by atoms with Crippen molar-refractivity contribution in [3.63, 3.8) is 0 Å². The molecule has 0 radical (unpaired) electrons. The summed E-state index contributed by atoms with van der Waals surface area (Å²) >= 11 is 0. The summed E-state index contributed by atoms with van der Waals surface area (Å²) < 4.78 is 67.4. The molecule has 3 aromatic rings. The molecule has 6 heterocycles. The van der Waals surface area contributed by atoms with Crippen molar-refractivity contribution in [2.75, 3.05) is 25.6 Å². The smallest absolute Gasteiger partial charge is 0.858 e. The topological polar surface area (TPSA) is 353 Å². The molecule has 3 fully saturated rings. The van der Waals surface area contributed by atoms with Crippen LogP contribution in [-0.2, 0) is 41.4 Å². The van der Waals surface area contributed by atoms with Gasteiger partial charge in [0.1, 0.15) is 55.0 Å². The fourth-order valence-corrected chi connectivity index (χ4v) is 8.18. The Labute approximate surface area is 342 Å². The van der Waals surface area contributed by atoms with Crippen molar-refractivity contribution >= 4 is 21.5 Å². The zero-order valence-electron chi connectivity index (χ0n) is 30.5. The van der Waals surface area contributed by atoms with Gasteiger partial charge in [0.15, 0.2) is 0 Å². The van der Waals surface area contributed by atoms with Crippen LogP contribution in [0.5, 0.6) is 5.88 Å². The van der Waals surface area contributed by atoms with Gasteiger partial charge in [0.25, 0.3) is 5.56 Å². The third-order valence-electron chi connectivity index (χ3n) is 9.10. The first kappa shape index (κ1) is 45.1. The number of phosphoric ester groups is 2. The maximum Gasteiger partial charge on any atom is 1.00 e. The Morgan fingerprint density at radius 2 is 1.37 bits per heavy atom. The number of nitrogen functional groups attached to an aromatic ring is 1. The molecule has 3 aromatic heterocycles. The van der Waals surface area contributed by atoms with Gasteiger partial charge in [0.05, 0.1) is 25.9 Å². The molecule has 6 rings (SSSR count). The number of nitrogens with one attached hydrogen (secondary N) is 1. The average Bonchev–Trinajstić information content (AvgIpc) is 3.82. The van der Waals surface area contributed by atoms with Crippen molar-refractivity contribution in [2.24, 2.45) is 0 Å². The fourth-order valence-electron chi connectivity index (χ4n) is 6.26. The maximum atomic E-state index is 13.2. The van der Waals surface area contributed by atoms with E-state index >= 15 is 0 Å². The van der Waals surface area contributed by atoms with Gasteiger partial charge in [0.2, 0.25) is 0 Å². The monoisotopic (exact) mass is 857 g/mol. The molecular formula is C29H38N7NaO18P2. The van der Waals surface area contributed by atoms with E-state index in [4.69, 9.17) is 38.0 Å². The van der Waals surface area contributed by atoms with Crippen LogP contribution in [0.2, 0.25) is 0 Å². The van der Waals surface area contributed by atoms with E-state index in [1.165, 1.54) is 32.3 Å². The molecule has 3 aliphatic rings.